The van der Waals surface area contributed by atoms with E-state index in [4.69, 9.17) is 9.47 Å². The number of nitrogens with zero attached hydrogens (tertiary/aromatic N) is 2. The van der Waals surface area contributed by atoms with Crippen LogP contribution in [0.2, 0.25) is 0 Å². The molecule has 1 atom stereocenters. The molecule has 1 aliphatic rings. The number of ether oxygens (including phenoxy) is 2. The van der Waals surface area contributed by atoms with Crippen molar-refractivity contribution in [3.8, 4) is 11.5 Å². The first-order valence-electron chi connectivity index (χ1n) is 10.1. The molecule has 6 nitrogen and oxygen atoms in total. The van der Waals surface area contributed by atoms with E-state index in [1.807, 2.05) is 31.2 Å². The van der Waals surface area contributed by atoms with E-state index < -0.39 is 0 Å². The highest BCUT2D eigenvalue weighted by atomic mass is 127. The van der Waals surface area contributed by atoms with Crippen molar-refractivity contribution in [2.75, 3.05) is 46.9 Å². The van der Waals surface area contributed by atoms with Gasteiger partial charge in [0.05, 0.1) is 13.7 Å². The molecule has 2 rings (SSSR count). The largest absolute Gasteiger partial charge is 0.497 e. The Labute approximate surface area is 187 Å². The van der Waals surface area contributed by atoms with Gasteiger partial charge in [0.2, 0.25) is 0 Å². The molecule has 0 saturated carbocycles. The van der Waals surface area contributed by atoms with Gasteiger partial charge in [0.25, 0.3) is 0 Å². The van der Waals surface area contributed by atoms with Crippen LogP contribution in [0.1, 0.15) is 33.1 Å². The Balaban J connectivity index is 0.00000392. The van der Waals surface area contributed by atoms with Crippen molar-refractivity contribution >= 4 is 29.9 Å². The zero-order valence-corrected chi connectivity index (χ0v) is 20.1. The van der Waals surface area contributed by atoms with Crippen molar-refractivity contribution < 1.29 is 9.47 Å². The van der Waals surface area contributed by atoms with E-state index in [0.29, 0.717) is 6.54 Å². The second-order valence-electron chi connectivity index (χ2n) is 7.29. The minimum atomic E-state index is -0.0126. The van der Waals surface area contributed by atoms with Crippen LogP contribution in [0.25, 0.3) is 0 Å². The van der Waals surface area contributed by atoms with E-state index in [1.165, 1.54) is 32.4 Å². The van der Waals surface area contributed by atoms with Crippen molar-refractivity contribution in [3.05, 3.63) is 24.3 Å². The number of hydrogen-bond donors (Lipinski definition) is 2. The Kier molecular flexibility index (Phi) is 12.3. The standard InChI is InChI=1S/C21H36N4O2.HI/c1-5-22-21(23-12-9-18-10-13-25(3)14-11-18)24-16-17(2)27-20-8-6-7-19(15-20)26-4;/h6-8,15,17-18H,5,9-14,16H2,1-4H3,(H2,22,23,24);1H. The van der Waals surface area contributed by atoms with Crippen molar-refractivity contribution in [1.29, 1.82) is 0 Å². The molecule has 2 N–H and O–H groups in total. The first kappa shape index (κ1) is 24.8. The third-order valence-electron chi connectivity index (χ3n) is 4.91. The summed E-state index contributed by atoms with van der Waals surface area (Å²) in [4.78, 5) is 7.09. The smallest absolute Gasteiger partial charge is 0.191 e. The van der Waals surface area contributed by atoms with Gasteiger partial charge >= 0.3 is 0 Å². The maximum atomic E-state index is 5.95. The van der Waals surface area contributed by atoms with Gasteiger partial charge in [0.1, 0.15) is 17.6 Å². The topological polar surface area (TPSA) is 58.1 Å². The number of guanidine groups is 1. The van der Waals surface area contributed by atoms with Gasteiger partial charge in [-0.1, -0.05) is 6.07 Å². The van der Waals surface area contributed by atoms with Crippen LogP contribution in [-0.4, -0.2) is 63.8 Å². The number of rotatable bonds is 9. The van der Waals surface area contributed by atoms with Crippen LogP contribution in [0.3, 0.4) is 0 Å². The summed E-state index contributed by atoms with van der Waals surface area (Å²) in [6, 6.07) is 7.67. The highest BCUT2D eigenvalue weighted by molar-refractivity contribution is 14.0. The molecule has 1 aliphatic heterocycles. The number of hydrogen-bond acceptors (Lipinski definition) is 4. The second-order valence-corrected chi connectivity index (χ2v) is 7.29. The normalized spacial score (nSPS) is 16.8. The minimum absolute atomic E-state index is 0. The maximum Gasteiger partial charge on any atom is 0.191 e. The molecule has 1 saturated heterocycles. The Bertz CT molecular complexity index is 577. The van der Waals surface area contributed by atoms with Crippen LogP contribution in [0.5, 0.6) is 11.5 Å². The predicted octanol–water partition coefficient (Wildman–Crippen LogP) is 3.37. The SMILES string of the molecule is CCNC(=NCC(C)Oc1cccc(OC)c1)NCCC1CCN(C)CC1.I. The van der Waals surface area contributed by atoms with Crippen molar-refractivity contribution in [1.82, 2.24) is 15.5 Å². The van der Waals surface area contributed by atoms with Crippen molar-refractivity contribution in [2.24, 2.45) is 10.9 Å². The Morgan fingerprint density at radius 2 is 1.96 bits per heavy atom. The molecule has 0 bridgehead atoms. The van der Waals surface area contributed by atoms with Gasteiger partial charge in [-0.05, 0) is 71.3 Å². The highest BCUT2D eigenvalue weighted by Crippen LogP contribution is 2.20. The van der Waals surface area contributed by atoms with E-state index in [-0.39, 0.29) is 30.1 Å². The minimum Gasteiger partial charge on any atom is -0.497 e. The number of methoxy groups -OCH3 is 1. The van der Waals surface area contributed by atoms with Crippen LogP contribution >= 0.6 is 24.0 Å². The Morgan fingerprint density at radius 1 is 1.25 bits per heavy atom. The van der Waals surface area contributed by atoms with Gasteiger partial charge < -0.3 is 25.0 Å². The number of benzene rings is 1. The first-order valence-corrected chi connectivity index (χ1v) is 10.1. The summed E-state index contributed by atoms with van der Waals surface area (Å²) in [5.74, 6) is 3.29. The quantitative estimate of drug-likeness (QED) is 0.307. The summed E-state index contributed by atoms with van der Waals surface area (Å²) in [7, 11) is 3.87. The third kappa shape index (κ3) is 9.32. The molecule has 1 heterocycles. The highest BCUT2D eigenvalue weighted by Gasteiger charge is 2.16. The van der Waals surface area contributed by atoms with E-state index >= 15 is 0 Å². The van der Waals surface area contributed by atoms with Gasteiger partial charge in [0.15, 0.2) is 5.96 Å². The summed E-state index contributed by atoms with van der Waals surface area (Å²) >= 11 is 0. The summed E-state index contributed by atoms with van der Waals surface area (Å²) in [5, 5.41) is 6.79. The van der Waals surface area contributed by atoms with E-state index in [9.17, 15) is 0 Å². The van der Waals surface area contributed by atoms with Gasteiger partial charge in [-0.25, -0.2) is 4.99 Å². The molecule has 7 heteroatoms. The van der Waals surface area contributed by atoms with E-state index in [1.54, 1.807) is 7.11 Å². The molecule has 1 aromatic rings. The first-order chi connectivity index (χ1) is 13.1. The van der Waals surface area contributed by atoms with E-state index in [0.717, 1.165) is 36.5 Å². The number of halogens is 1. The monoisotopic (exact) mass is 504 g/mol. The van der Waals surface area contributed by atoms with Gasteiger partial charge in [-0.15, -0.1) is 24.0 Å². The summed E-state index contributed by atoms with van der Waals surface area (Å²) in [6.07, 6.45) is 3.80. The number of piperidine rings is 1. The molecule has 28 heavy (non-hydrogen) atoms. The zero-order chi connectivity index (χ0) is 19.5. The van der Waals surface area contributed by atoms with Crippen LogP contribution in [-0.2, 0) is 0 Å². The average molecular weight is 504 g/mol. The fourth-order valence-electron chi connectivity index (χ4n) is 3.25. The lowest BCUT2D eigenvalue weighted by molar-refractivity contribution is 0.213. The Morgan fingerprint density at radius 3 is 2.64 bits per heavy atom. The molecule has 1 unspecified atom stereocenters. The van der Waals surface area contributed by atoms with Crippen LogP contribution in [0.15, 0.2) is 29.3 Å². The molecule has 1 aromatic carbocycles. The Hall–Kier alpha value is -1.22. The number of aliphatic imine (C=N–C) groups is 1. The molecule has 0 radical (unpaired) electrons. The molecule has 0 aliphatic carbocycles. The molecule has 0 aromatic heterocycles. The fourth-order valence-corrected chi connectivity index (χ4v) is 3.25. The van der Waals surface area contributed by atoms with Gasteiger partial charge in [-0.2, -0.15) is 0 Å². The maximum absolute atomic E-state index is 5.95. The zero-order valence-electron chi connectivity index (χ0n) is 17.7. The van der Waals surface area contributed by atoms with Gasteiger partial charge in [0, 0.05) is 19.2 Å². The van der Waals surface area contributed by atoms with Gasteiger partial charge in [-0.3, -0.25) is 0 Å². The molecular weight excluding hydrogens is 467 g/mol. The van der Waals surface area contributed by atoms with Crippen molar-refractivity contribution in [2.45, 2.75) is 39.2 Å². The molecule has 1 fully saturated rings. The molecule has 0 spiro atoms. The lowest BCUT2D eigenvalue weighted by atomic mass is 9.94. The lowest BCUT2D eigenvalue weighted by Gasteiger charge is -2.29. The van der Waals surface area contributed by atoms with Crippen LogP contribution in [0.4, 0.5) is 0 Å². The predicted molar refractivity (Wildman–Crippen MR) is 127 cm³/mol. The summed E-state index contributed by atoms with van der Waals surface area (Å²) < 4.78 is 11.2. The number of nitrogens with one attached hydrogen (secondary N) is 2. The molecule has 160 valence electrons. The van der Waals surface area contributed by atoms with Crippen molar-refractivity contribution in [3.63, 3.8) is 0 Å². The van der Waals surface area contributed by atoms with Crippen LogP contribution < -0.4 is 20.1 Å². The fraction of sp³-hybridized carbons (Fsp3) is 0.667. The number of likely N-dealkylation sites (tertiary alicyclic amines) is 1. The summed E-state index contributed by atoms with van der Waals surface area (Å²) in [6.45, 7) is 8.97. The van der Waals surface area contributed by atoms with Crippen LogP contribution in [0, 0.1) is 5.92 Å². The molecular formula is C21H37IN4O2. The lowest BCUT2D eigenvalue weighted by Crippen LogP contribution is -2.39. The van der Waals surface area contributed by atoms with E-state index in [2.05, 4.69) is 34.5 Å². The average Bonchev–Trinajstić information content (AvgIpc) is 2.68. The third-order valence-corrected chi connectivity index (χ3v) is 4.91. The second kappa shape index (κ2) is 13.9. The summed E-state index contributed by atoms with van der Waals surface area (Å²) in [5.41, 5.74) is 0. The molecule has 0 amide bonds.